The Morgan fingerprint density at radius 3 is 2.96 bits per heavy atom. The zero-order chi connectivity index (χ0) is 15.6. The van der Waals surface area contributed by atoms with E-state index in [2.05, 4.69) is 21.3 Å². The maximum Gasteiger partial charge on any atom is 0.263 e. The molecule has 1 aliphatic heterocycles. The third kappa shape index (κ3) is 3.34. The molecule has 0 aromatic carbocycles. The molecule has 3 heterocycles. The van der Waals surface area contributed by atoms with E-state index in [0.717, 1.165) is 62.6 Å². The lowest BCUT2D eigenvalue weighted by molar-refractivity contribution is 0.0766. The Morgan fingerprint density at radius 2 is 2.13 bits per heavy atom. The van der Waals surface area contributed by atoms with Gasteiger partial charge in [-0.3, -0.25) is 9.69 Å². The molecular formula is C17H21N3OS2. The van der Waals surface area contributed by atoms with E-state index in [1.54, 1.807) is 22.7 Å². The summed E-state index contributed by atoms with van der Waals surface area (Å²) < 4.78 is 0. The van der Waals surface area contributed by atoms with Crippen LogP contribution in [0.2, 0.25) is 0 Å². The minimum absolute atomic E-state index is 0.236. The van der Waals surface area contributed by atoms with Crippen LogP contribution in [0.4, 0.5) is 0 Å². The first-order chi connectivity index (χ1) is 11.3. The molecule has 4 rings (SSSR count). The van der Waals surface area contributed by atoms with Crippen LogP contribution in [0.3, 0.4) is 0 Å². The minimum Gasteiger partial charge on any atom is -0.337 e. The number of fused-ring (bicyclic) bond motifs is 1. The van der Waals surface area contributed by atoms with Crippen molar-refractivity contribution in [3.05, 3.63) is 38.0 Å². The number of amides is 1. The molecule has 1 saturated heterocycles. The molecule has 122 valence electrons. The van der Waals surface area contributed by atoms with E-state index in [1.807, 2.05) is 10.4 Å². The Balaban J connectivity index is 1.38. The second-order valence-corrected chi connectivity index (χ2v) is 8.17. The first-order valence-electron chi connectivity index (χ1n) is 8.30. The van der Waals surface area contributed by atoms with Gasteiger partial charge in [0.2, 0.25) is 0 Å². The fraction of sp³-hybridized carbons (Fsp3) is 0.529. The van der Waals surface area contributed by atoms with Gasteiger partial charge in [0, 0.05) is 43.0 Å². The number of carbonyl (C=O) groups is 1. The van der Waals surface area contributed by atoms with E-state index in [9.17, 15) is 4.79 Å². The molecule has 2 aromatic rings. The Morgan fingerprint density at radius 1 is 1.17 bits per heavy atom. The highest BCUT2D eigenvalue weighted by Gasteiger charge is 2.24. The molecule has 23 heavy (non-hydrogen) atoms. The lowest BCUT2D eigenvalue weighted by atomic mass is 10.2. The number of hydrogen-bond donors (Lipinski definition) is 0. The van der Waals surface area contributed by atoms with Gasteiger partial charge in [-0.05, 0) is 37.3 Å². The van der Waals surface area contributed by atoms with E-state index in [0.29, 0.717) is 0 Å². The average Bonchev–Trinajstić information content (AvgIpc) is 3.22. The number of thiophene rings is 1. The number of aromatic nitrogens is 1. The summed E-state index contributed by atoms with van der Waals surface area (Å²) in [6.45, 7) is 4.58. The maximum absolute atomic E-state index is 12.8. The van der Waals surface area contributed by atoms with Crippen molar-refractivity contribution >= 4 is 28.6 Å². The van der Waals surface area contributed by atoms with Crippen LogP contribution < -0.4 is 0 Å². The number of rotatable bonds is 3. The van der Waals surface area contributed by atoms with Crippen LogP contribution in [-0.4, -0.2) is 46.9 Å². The number of hydrogen-bond acceptors (Lipinski definition) is 5. The third-order valence-corrected chi connectivity index (χ3v) is 6.56. The van der Waals surface area contributed by atoms with Gasteiger partial charge in [0.05, 0.1) is 16.1 Å². The molecule has 1 amide bonds. The van der Waals surface area contributed by atoms with Gasteiger partial charge in [-0.25, -0.2) is 4.98 Å². The quantitative estimate of drug-likeness (QED) is 0.856. The van der Waals surface area contributed by atoms with Crippen LogP contribution in [0.1, 0.15) is 38.6 Å². The average molecular weight is 348 g/mol. The van der Waals surface area contributed by atoms with Crippen molar-refractivity contribution in [1.82, 2.24) is 14.8 Å². The standard InChI is InChI=1S/C17H21N3OS2/c21-17(16-9-13-3-1-4-15(13)23-16)20-6-2-5-19(7-8-20)10-14-11-22-12-18-14/h9,11-12H,1-8,10H2. The van der Waals surface area contributed by atoms with E-state index in [4.69, 9.17) is 0 Å². The summed E-state index contributed by atoms with van der Waals surface area (Å²) in [4.78, 5) is 24.0. The van der Waals surface area contributed by atoms with E-state index in [1.165, 1.54) is 16.9 Å². The number of nitrogens with zero attached hydrogens (tertiary/aromatic N) is 3. The molecule has 0 saturated carbocycles. The van der Waals surface area contributed by atoms with Gasteiger partial charge >= 0.3 is 0 Å². The summed E-state index contributed by atoms with van der Waals surface area (Å²) in [5.74, 6) is 0.236. The Labute approximate surface area is 144 Å². The zero-order valence-electron chi connectivity index (χ0n) is 13.2. The summed E-state index contributed by atoms with van der Waals surface area (Å²) in [5.41, 5.74) is 4.45. The van der Waals surface area contributed by atoms with Crippen LogP contribution in [0, 0.1) is 0 Å². The Hall–Kier alpha value is -1.24. The second-order valence-electron chi connectivity index (χ2n) is 6.31. The largest absolute Gasteiger partial charge is 0.337 e. The van der Waals surface area contributed by atoms with Crippen molar-refractivity contribution in [2.24, 2.45) is 0 Å². The lowest BCUT2D eigenvalue weighted by Crippen LogP contribution is -2.34. The molecule has 2 aliphatic rings. The summed E-state index contributed by atoms with van der Waals surface area (Å²) in [6.07, 6.45) is 4.61. The molecule has 4 nitrogen and oxygen atoms in total. The van der Waals surface area contributed by atoms with Crippen molar-refractivity contribution in [3.63, 3.8) is 0 Å². The van der Waals surface area contributed by atoms with E-state index in [-0.39, 0.29) is 5.91 Å². The van der Waals surface area contributed by atoms with Gasteiger partial charge in [-0.1, -0.05) is 0 Å². The van der Waals surface area contributed by atoms with Crippen molar-refractivity contribution < 1.29 is 4.79 Å². The van der Waals surface area contributed by atoms with Crippen LogP contribution in [-0.2, 0) is 19.4 Å². The molecular weight excluding hydrogens is 326 g/mol. The SMILES string of the molecule is O=C(c1cc2c(s1)CCC2)N1CCCN(Cc2cscn2)CC1. The zero-order valence-corrected chi connectivity index (χ0v) is 14.8. The summed E-state index contributed by atoms with van der Waals surface area (Å²) in [5, 5.41) is 2.11. The molecule has 0 radical (unpaired) electrons. The van der Waals surface area contributed by atoms with Gasteiger partial charge in [0.15, 0.2) is 0 Å². The van der Waals surface area contributed by atoms with Gasteiger partial charge in [0.1, 0.15) is 0 Å². The molecule has 0 unspecified atom stereocenters. The smallest absolute Gasteiger partial charge is 0.263 e. The van der Waals surface area contributed by atoms with Crippen LogP contribution in [0.15, 0.2) is 17.0 Å². The topological polar surface area (TPSA) is 36.4 Å². The van der Waals surface area contributed by atoms with Gasteiger partial charge in [0.25, 0.3) is 5.91 Å². The summed E-state index contributed by atoms with van der Waals surface area (Å²) in [6, 6.07) is 2.15. The lowest BCUT2D eigenvalue weighted by Gasteiger charge is -2.21. The molecule has 0 spiro atoms. The molecule has 1 fully saturated rings. The fourth-order valence-electron chi connectivity index (χ4n) is 3.47. The number of aryl methyl sites for hydroxylation is 2. The predicted molar refractivity (Wildman–Crippen MR) is 94.3 cm³/mol. The van der Waals surface area contributed by atoms with Crippen molar-refractivity contribution in [3.8, 4) is 0 Å². The molecule has 6 heteroatoms. The first kappa shape index (κ1) is 15.3. The highest BCUT2D eigenvalue weighted by molar-refractivity contribution is 7.14. The monoisotopic (exact) mass is 347 g/mol. The van der Waals surface area contributed by atoms with Crippen molar-refractivity contribution in [2.75, 3.05) is 26.2 Å². The number of carbonyl (C=O) groups excluding carboxylic acids is 1. The maximum atomic E-state index is 12.8. The van der Waals surface area contributed by atoms with Crippen molar-refractivity contribution in [1.29, 1.82) is 0 Å². The van der Waals surface area contributed by atoms with Crippen molar-refractivity contribution in [2.45, 2.75) is 32.2 Å². The highest BCUT2D eigenvalue weighted by Crippen LogP contribution is 2.31. The van der Waals surface area contributed by atoms with Gasteiger partial charge in [-0.15, -0.1) is 22.7 Å². The highest BCUT2D eigenvalue weighted by atomic mass is 32.1. The summed E-state index contributed by atoms with van der Waals surface area (Å²) >= 11 is 3.37. The Bertz CT molecular complexity index is 659. The first-order valence-corrected chi connectivity index (χ1v) is 10.1. The summed E-state index contributed by atoms with van der Waals surface area (Å²) in [7, 11) is 0. The molecule has 0 N–H and O–H groups in total. The third-order valence-electron chi connectivity index (χ3n) is 4.70. The van der Waals surface area contributed by atoms with Crippen LogP contribution in [0.5, 0.6) is 0 Å². The van der Waals surface area contributed by atoms with Crippen LogP contribution >= 0.6 is 22.7 Å². The second kappa shape index (κ2) is 6.71. The van der Waals surface area contributed by atoms with E-state index >= 15 is 0 Å². The normalized spacial score (nSPS) is 18.9. The number of thiazole rings is 1. The molecule has 0 bridgehead atoms. The van der Waals surface area contributed by atoms with E-state index < -0.39 is 0 Å². The molecule has 0 atom stereocenters. The molecule has 1 aliphatic carbocycles. The predicted octanol–water partition coefficient (Wildman–Crippen LogP) is 3.04. The Kier molecular flexibility index (Phi) is 4.46. The van der Waals surface area contributed by atoms with Gasteiger partial charge < -0.3 is 4.90 Å². The van der Waals surface area contributed by atoms with Gasteiger partial charge in [-0.2, -0.15) is 0 Å². The fourth-order valence-corrected chi connectivity index (χ4v) is 5.24. The minimum atomic E-state index is 0.236. The van der Waals surface area contributed by atoms with Crippen LogP contribution in [0.25, 0.3) is 0 Å². The molecule has 2 aromatic heterocycles.